The Kier molecular flexibility index (Phi) is 6.88. The lowest BCUT2D eigenvalue weighted by Crippen LogP contribution is -2.34. The molecule has 1 aromatic carbocycles. The number of aliphatic hydroxyl groups is 1. The van der Waals surface area contributed by atoms with E-state index in [4.69, 9.17) is 16.7 Å². The molecule has 0 aliphatic heterocycles. The summed E-state index contributed by atoms with van der Waals surface area (Å²) < 4.78 is 39.1. The smallest absolute Gasteiger partial charge is 0.243 e. The van der Waals surface area contributed by atoms with Crippen LogP contribution in [0.2, 0.25) is 5.02 Å². The number of rotatable bonds is 8. The van der Waals surface area contributed by atoms with E-state index in [0.717, 1.165) is 25.0 Å². The summed E-state index contributed by atoms with van der Waals surface area (Å²) in [5.41, 5.74) is 0. The third kappa shape index (κ3) is 4.41. The average Bonchev–Trinajstić information content (AvgIpc) is 2.41. The Bertz CT molecular complexity index is 536. The van der Waals surface area contributed by atoms with Gasteiger partial charge in [0.05, 0.1) is 16.5 Å². The molecule has 1 rings (SSSR count). The molecule has 1 aromatic rings. The van der Waals surface area contributed by atoms with E-state index in [2.05, 4.69) is 0 Å². The van der Waals surface area contributed by atoms with Crippen molar-refractivity contribution in [2.75, 3.05) is 19.7 Å². The predicted octanol–water partition coefficient (Wildman–Crippen LogP) is 2.65. The molecule has 4 nitrogen and oxygen atoms in total. The third-order valence-electron chi connectivity index (χ3n) is 2.89. The molecule has 20 heavy (non-hydrogen) atoms. The fourth-order valence-electron chi connectivity index (χ4n) is 1.79. The van der Waals surface area contributed by atoms with Crippen molar-refractivity contribution in [3.05, 3.63) is 29.0 Å². The molecule has 0 saturated heterocycles. The van der Waals surface area contributed by atoms with Crippen LogP contribution in [0.4, 0.5) is 4.39 Å². The summed E-state index contributed by atoms with van der Waals surface area (Å²) in [6.45, 7) is 2.09. The van der Waals surface area contributed by atoms with Crippen molar-refractivity contribution < 1.29 is 17.9 Å². The maximum absolute atomic E-state index is 13.1. The number of nitrogens with zero attached hydrogens (tertiary/aromatic N) is 1. The number of sulfonamides is 1. The van der Waals surface area contributed by atoms with Crippen molar-refractivity contribution in [3.63, 3.8) is 0 Å². The lowest BCUT2D eigenvalue weighted by atomic mass is 10.2. The predicted molar refractivity (Wildman–Crippen MR) is 76.8 cm³/mol. The van der Waals surface area contributed by atoms with E-state index in [9.17, 15) is 12.8 Å². The Labute approximate surface area is 124 Å². The molecule has 0 aliphatic rings. The second-order valence-electron chi connectivity index (χ2n) is 4.41. The van der Waals surface area contributed by atoms with Crippen molar-refractivity contribution in [1.29, 1.82) is 0 Å². The van der Waals surface area contributed by atoms with E-state index < -0.39 is 15.8 Å². The van der Waals surface area contributed by atoms with Crippen LogP contribution in [0.3, 0.4) is 0 Å². The second kappa shape index (κ2) is 7.93. The zero-order chi connectivity index (χ0) is 15.2. The third-order valence-corrected chi connectivity index (χ3v) is 5.07. The van der Waals surface area contributed by atoms with E-state index in [1.54, 1.807) is 0 Å². The molecule has 0 aromatic heterocycles. The number of halogens is 2. The molecule has 0 unspecified atom stereocenters. The highest BCUT2D eigenvalue weighted by Crippen LogP contribution is 2.22. The average molecular weight is 324 g/mol. The van der Waals surface area contributed by atoms with E-state index in [0.29, 0.717) is 13.0 Å². The Morgan fingerprint density at radius 3 is 2.55 bits per heavy atom. The largest absolute Gasteiger partial charge is 0.395 e. The van der Waals surface area contributed by atoms with Crippen LogP contribution in [0.5, 0.6) is 0 Å². The van der Waals surface area contributed by atoms with Crippen LogP contribution in [0, 0.1) is 5.82 Å². The fourth-order valence-corrected chi connectivity index (χ4v) is 3.53. The molecule has 0 atom stereocenters. The zero-order valence-corrected chi connectivity index (χ0v) is 12.9. The highest BCUT2D eigenvalue weighted by molar-refractivity contribution is 7.89. The van der Waals surface area contributed by atoms with Crippen molar-refractivity contribution in [3.8, 4) is 0 Å². The molecule has 0 amide bonds. The topological polar surface area (TPSA) is 57.6 Å². The first kappa shape index (κ1) is 17.4. The summed E-state index contributed by atoms with van der Waals surface area (Å²) in [5, 5.41) is 8.78. The van der Waals surface area contributed by atoms with Crippen LogP contribution >= 0.6 is 11.6 Å². The quantitative estimate of drug-likeness (QED) is 0.748. The van der Waals surface area contributed by atoms with Crippen molar-refractivity contribution >= 4 is 21.6 Å². The Balaban J connectivity index is 2.99. The molecule has 0 aliphatic carbocycles. The Hall–Kier alpha value is -0.690. The van der Waals surface area contributed by atoms with Gasteiger partial charge >= 0.3 is 0 Å². The molecule has 7 heteroatoms. The van der Waals surface area contributed by atoms with Gasteiger partial charge in [-0.05, 0) is 24.6 Å². The van der Waals surface area contributed by atoms with Crippen LogP contribution in [0.25, 0.3) is 0 Å². The summed E-state index contributed by atoms with van der Waals surface area (Å²) >= 11 is 5.62. The first-order valence-electron chi connectivity index (χ1n) is 6.49. The Morgan fingerprint density at radius 2 is 2.00 bits per heavy atom. The van der Waals surface area contributed by atoms with Crippen molar-refractivity contribution in [1.82, 2.24) is 4.31 Å². The molecule has 0 fully saturated rings. The standard InChI is InChI=1S/C13H19ClFNO3S/c1-2-3-4-7-16(8-9-17)20(18,19)11-5-6-13(15)12(14)10-11/h5-6,10,17H,2-4,7-9H2,1H3. The fraction of sp³-hybridized carbons (Fsp3) is 0.538. The number of hydrogen-bond donors (Lipinski definition) is 1. The molecular formula is C13H19ClFNO3S. The molecule has 0 radical (unpaired) electrons. The summed E-state index contributed by atoms with van der Waals surface area (Å²) in [5.74, 6) is -0.662. The van der Waals surface area contributed by atoms with Gasteiger partial charge in [0.25, 0.3) is 0 Å². The number of hydrogen-bond acceptors (Lipinski definition) is 3. The van der Waals surface area contributed by atoms with Gasteiger partial charge in [-0.1, -0.05) is 31.4 Å². The number of benzene rings is 1. The molecule has 0 bridgehead atoms. The van der Waals surface area contributed by atoms with Crippen molar-refractivity contribution in [2.24, 2.45) is 0 Å². The molecule has 0 spiro atoms. The molecule has 114 valence electrons. The van der Waals surface area contributed by atoms with Gasteiger partial charge in [-0.15, -0.1) is 0 Å². The first-order chi connectivity index (χ1) is 9.43. The van der Waals surface area contributed by atoms with Crippen molar-refractivity contribution in [2.45, 2.75) is 31.1 Å². The molecule has 0 heterocycles. The minimum absolute atomic E-state index is 0.0149. The Morgan fingerprint density at radius 1 is 1.30 bits per heavy atom. The highest BCUT2D eigenvalue weighted by Gasteiger charge is 2.24. The summed E-state index contributed by atoms with van der Waals surface area (Å²) in [6.07, 6.45) is 2.58. The maximum atomic E-state index is 13.1. The first-order valence-corrected chi connectivity index (χ1v) is 8.31. The monoisotopic (exact) mass is 323 g/mol. The van der Waals surface area contributed by atoms with Gasteiger partial charge < -0.3 is 5.11 Å². The number of aliphatic hydroxyl groups excluding tert-OH is 1. The molecule has 0 saturated carbocycles. The van der Waals surface area contributed by atoms with Gasteiger partial charge in [-0.2, -0.15) is 4.31 Å². The summed E-state index contributed by atoms with van der Waals surface area (Å²) in [7, 11) is -3.76. The summed E-state index contributed by atoms with van der Waals surface area (Å²) in [6, 6.07) is 3.30. The summed E-state index contributed by atoms with van der Waals surface area (Å²) in [4.78, 5) is -0.0613. The SMILES string of the molecule is CCCCCN(CCO)S(=O)(=O)c1ccc(F)c(Cl)c1. The molecular weight excluding hydrogens is 305 g/mol. The van der Waals surface area contributed by atoms with Gasteiger partial charge in [0.2, 0.25) is 10.0 Å². The van der Waals surface area contributed by atoms with Crippen LogP contribution in [0.15, 0.2) is 23.1 Å². The van der Waals surface area contributed by atoms with Crippen LogP contribution < -0.4 is 0 Å². The maximum Gasteiger partial charge on any atom is 0.243 e. The van der Waals surface area contributed by atoms with Gasteiger partial charge in [-0.3, -0.25) is 0 Å². The highest BCUT2D eigenvalue weighted by atomic mass is 35.5. The normalized spacial score (nSPS) is 12.1. The molecule has 1 N–H and O–H groups in total. The van der Waals surface area contributed by atoms with E-state index in [1.165, 1.54) is 10.4 Å². The lowest BCUT2D eigenvalue weighted by Gasteiger charge is -2.21. The number of unbranched alkanes of at least 4 members (excludes halogenated alkanes) is 2. The van der Waals surface area contributed by atoms with Gasteiger partial charge in [-0.25, -0.2) is 12.8 Å². The van der Waals surface area contributed by atoms with E-state index in [1.807, 2.05) is 6.92 Å². The second-order valence-corrected chi connectivity index (χ2v) is 6.76. The van der Waals surface area contributed by atoms with E-state index >= 15 is 0 Å². The van der Waals surface area contributed by atoms with Crippen LogP contribution in [-0.2, 0) is 10.0 Å². The minimum atomic E-state index is -3.76. The zero-order valence-electron chi connectivity index (χ0n) is 11.3. The van der Waals surface area contributed by atoms with Crippen LogP contribution in [0.1, 0.15) is 26.2 Å². The van der Waals surface area contributed by atoms with Crippen LogP contribution in [-0.4, -0.2) is 37.5 Å². The van der Waals surface area contributed by atoms with Gasteiger partial charge in [0.15, 0.2) is 0 Å². The minimum Gasteiger partial charge on any atom is -0.395 e. The van der Waals surface area contributed by atoms with Gasteiger partial charge in [0, 0.05) is 13.1 Å². The van der Waals surface area contributed by atoms with E-state index in [-0.39, 0.29) is 23.1 Å². The lowest BCUT2D eigenvalue weighted by molar-refractivity contribution is 0.252. The van der Waals surface area contributed by atoms with Gasteiger partial charge in [0.1, 0.15) is 5.82 Å².